The van der Waals surface area contributed by atoms with Gasteiger partial charge in [0.15, 0.2) is 5.78 Å². The van der Waals surface area contributed by atoms with Gasteiger partial charge in [0.2, 0.25) is 0 Å². The number of carbonyl (C=O) groups excluding carboxylic acids is 2. The Morgan fingerprint density at radius 1 is 0.600 bits per heavy atom. The van der Waals surface area contributed by atoms with Crippen LogP contribution in [0.3, 0.4) is 0 Å². The average molecular weight is 327 g/mol. The van der Waals surface area contributed by atoms with Crippen LogP contribution in [0.25, 0.3) is 0 Å². The van der Waals surface area contributed by atoms with E-state index in [0.717, 1.165) is 11.1 Å². The van der Waals surface area contributed by atoms with Crippen molar-refractivity contribution in [3.63, 3.8) is 0 Å². The van der Waals surface area contributed by atoms with Crippen molar-refractivity contribution in [3.8, 4) is 0 Å². The molecule has 1 amide bonds. The van der Waals surface area contributed by atoms with Crippen molar-refractivity contribution in [3.05, 3.63) is 107 Å². The number of fused-ring (bicyclic) bond motifs is 1. The monoisotopic (exact) mass is 327 g/mol. The lowest BCUT2D eigenvalue weighted by Crippen LogP contribution is -2.32. The molecule has 0 radical (unpaired) electrons. The maximum Gasteiger partial charge on any atom is 0.252 e. The molecule has 4 rings (SSSR count). The Labute approximate surface area is 146 Å². The van der Waals surface area contributed by atoms with E-state index in [4.69, 9.17) is 0 Å². The van der Waals surface area contributed by atoms with Crippen LogP contribution in [0.15, 0.2) is 84.9 Å². The van der Waals surface area contributed by atoms with Crippen LogP contribution in [-0.4, -0.2) is 11.7 Å². The van der Waals surface area contributed by atoms with Gasteiger partial charge in [-0.05, 0) is 17.2 Å². The van der Waals surface area contributed by atoms with E-state index in [1.807, 2.05) is 60.7 Å². The highest BCUT2D eigenvalue weighted by molar-refractivity contribution is 6.12. The molecule has 122 valence electrons. The molecule has 0 spiro atoms. The summed E-state index contributed by atoms with van der Waals surface area (Å²) in [6, 6.07) is 25.9. The van der Waals surface area contributed by atoms with Gasteiger partial charge in [0.1, 0.15) is 0 Å². The average Bonchev–Trinajstić information content (AvgIpc) is 2.79. The van der Waals surface area contributed by atoms with E-state index in [9.17, 15) is 9.59 Å². The van der Waals surface area contributed by atoms with Gasteiger partial charge in [-0.25, -0.2) is 0 Å². The third-order valence-electron chi connectivity index (χ3n) is 4.66. The molecule has 3 aromatic carbocycles. The first-order valence-corrected chi connectivity index (χ1v) is 8.29. The fourth-order valence-electron chi connectivity index (χ4n) is 3.46. The summed E-state index contributed by atoms with van der Waals surface area (Å²) in [6.45, 7) is 0. The molecule has 1 aliphatic heterocycles. The molecule has 2 atom stereocenters. The Morgan fingerprint density at radius 2 is 1.12 bits per heavy atom. The van der Waals surface area contributed by atoms with Gasteiger partial charge in [-0.2, -0.15) is 0 Å². The minimum atomic E-state index is -0.462. The van der Waals surface area contributed by atoms with Crippen molar-refractivity contribution >= 4 is 11.7 Å². The first-order chi connectivity index (χ1) is 12.3. The Bertz CT molecular complexity index is 919. The van der Waals surface area contributed by atoms with Gasteiger partial charge >= 0.3 is 0 Å². The molecule has 0 aliphatic carbocycles. The molecule has 0 unspecified atom stereocenters. The third-order valence-corrected chi connectivity index (χ3v) is 4.66. The van der Waals surface area contributed by atoms with E-state index in [0.29, 0.717) is 11.1 Å². The van der Waals surface area contributed by atoms with Gasteiger partial charge in [-0.15, -0.1) is 0 Å². The van der Waals surface area contributed by atoms with Crippen molar-refractivity contribution in [1.82, 2.24) is 5.32 Å². The number of carbonyl (C=O) groups is 2. The smallest absolute Gasteiger partial charge is 0.252 e. The Morgan fingerprint density at radius 3 is 1.76 bits per heavy atom. The highest BCUT2D eigenvalue weighted by atomic mass is 16.2. The Balaban J connectivity index is 1.91. The van der Waals surface area contributed by atoms with E-state index in [1.54, 1.807) is 24.3 Å². The first-order valence-electron chi connectivity index (χ1n) is 8.29. The van der Waals surface area contributed by atoms with Gasteiger partial charge in [0, 0.05) is 5.56 Å². The van der Waals surface area contributed by atoms with Crippen molar-refractivity contribution in [2.24, 2.45) is 0 Å². The summed E-state index contributed by atoms with van der Waals surface area (Å²) in [4.78, 5) is 26.1. The van der Waals surface area contributed by atoms with E-state index in [1.165, 1.54) is 0 Å². The highest BCUT2D eigenvalue weighted by Crippen LogP contribution is 2.37. The topological polar surface area (TPSA) is 46.2 Å². The number of rotatable bonds is 2. The zero-order valence-corrected chi connectivity index (χ0v) is 13.6. The minimum absolute atomic E-state index is 0.0333. The summed E-state index contributed by atoms with van der Waals surface area (Å²) in [5.74, 6) is -0.707. The van der Waals surface area contributed by atoms with Crippen LogP contribution in [0.4, 0.5) is 0 Å². The van der Waals surface area contributed by atoms with E-state index < -0.39 is 12.0 Å². The number of hydrogen-bond donors (Lipinski definition) is 1. The molecule has 1 heterocycles. The molecule has 0 aromatic heterocycles. The number of benzene rings is 3. The van der Waals surface area contributed by atoms with Crippen molar-refractivity contribution in [1.29, 1.82) is 0 Å². The number of amides is 1. The second-order valence-electron chi connectivity index (χ2n) is 6.16. The molecule has 1 N–H and O–H groups in total. The zero-order chi connectivity index (χ0) is 17.2. The summed E-state index contributed by atoms with van der Waals surface area (Å²) in [6.07, 6.45) is 0. The number of hydrogen-bond acceptors (Lipinski definition) is 2. The normalized spacial score (nSPS) is 19.7. The predicted octanol–water partition coefficient (Wildman–Crippen LogP) is 4.14. The summed E-state index contributed by atoms with van der Waals surface area (Å²) >= 11 is 0. The first kappa shape index (κ1) is 15.3. The number of Topliss-reactive ketones (excluding diaryl/α,β-unsaturated/α-hetero) is 1. The lowest BCUT2D eigenvalue weighted by atomic mass is 9.82. The van der Waals surface area contributed by atoms with Crippen LogP contribution in [0.2, 0.25) is 0 Å². The van der Waals surface area contributed by atoms with Gasteiger partial charge in [-0.3, -0.25) is 9.59 Å². The molecular weight excluding hydrogens is 310 g/mol. The molecule has 3 nitrogen and oxygen atoms in total. The van der Waals surface area contributed by atoms with Gasteiger partial charge in [-0.1, -0.05) is 78.9 Å². The van der Waals surface area contributed by atoms with E-state index in [-0.39, 0.29) is 11.7 Å². The molecule has 0 fully saturated rings. The molecular formula is C22H17NO2. The molecule has 1 aliphatic rings. The van der Waals surface area contributed by atoms with Crippen molar-refractivity contribution in [2.45, 2.75) is 12.0 Å². The van der Waals surface area contributed by atoms with Crippen LogP contribution in [0, 0.1) is 0 Å². The van der Waals surface area contributed by atoms with Gasteiger partial charge < -0.3 is 5.32 Å². The quantitative estimate of drug-likeness (QED) is 0.769. The lowest BCUT2D eigenvalue weighted by molar-refractivity contribution is 0.0919. The maximum atomic E-state index is 13.4. The van der Waals surface area contributed by atoms with Crippen LogP contribution in [0.5, 0.6) is 0 Å². The third kappa shape index (κ3) is 2.74. The van der Waals surface area contributed by atoms with Gasteiger partial charge in [0.25, 0.3) is 5.91 Å². The fraction of sp³-hybridized carbons (Fsp3) is 0.0909. The Hall–Kier alpha value is -3.20. The van der Waals surface area contributed by atoms with Crippen LogP contribution in [0.1, 0.15) is 43.8 Å². The summed E-state index contributed by atoms with van der Waals surface area (Å²) in [7, 11) is 0. The Kier molecular flexibility index (Phi) is 3.90. The molecule has 3 heteroatoms. The summed E-state index contributed by atoms with van der Waals surface area (Å²) in [5.41, 5.74) is 2.74. The lowest BCUT2D eigenvalue weighted by Gasteiger charge is -2.25. The summed E-state index contributed by atoms with van der Waals surface area (Å²) in [5, 5.41) is 3.07. The standard InChI is InChI=1S/C22H17NO2/c24-21-17-13-7-8-14-18(17)22(25)23-20(16-11-5-2-6-12-16)19(21)15-9-3-1-4-10-15/h1-14,19-20H,(H,23,25)/t19-,20+/m0/s1. The van der Waals surface area contributed by atoms with Crippen molar-refractivity contribution in [2.75, 3.05) is 0 Å². The molecule has 25 heavy (non-hydrogen) atoms. The second-order valence-corrected chi connectivity index (χ2v) is 6.16. The van der Waals surface area contributed by atoms with Gasteiger partial charge in [0.05, 0.1) is 17.5 Å². The minimum Gasteiger partial charge on any atom is -0.344 e. The molecule has 0 saturated carbocycles. The largest absolute Gasteiger partial charge is 0.344 e. The van der Waals surface area contributed by atoms with Crippen molar-refractivity contribution < 1.29 is 9.59 Å². The van der Waals surface area contributed by atoms with Crippen LogP contribution >= 0.6 is 0 Å². The fourth-order valence-corrected chi connectivity index (χ4v) is 3.46. The highest BCUT2D eigenvalue weighted by Gasteiger charge is 2.37. The molecule has 3 aromatic rings. The summed E-state index contributed by atoms with van der Waals surface area (Å²) < 4.78 is 0. The number of nitrogens with one attached hydrogen (secondary N) is 1. The molecule has 0 bridgehead atoms. The number of ketones is 1. The predicted molar refractivity (Wildman–Crippen MR) is 96.6 cm³/mol. The van der Waals surface area contributed by atoms with E-state index >= 15 is 0 Å². The molecule has 0 saturated heterocycles. The zero-order valence-electron chi connectivity index (χ0n) is 13.6. The maximum absolute atomic E-state index is 13.4. The van der Waals surface area contributed by atoms with E-state index in [2.05, 4.69) is 5.32 Å². The SMILES string of the molecule is O=C1N[C@H](c2ccccc2)[C@H](c2ccccc2)C(=O)c2ccccc21. The van der Waals surface area contributed by atoms with Crippen LogP contribution < -0.4 is 5.32 Å². The second kappa shape index (κ2) is 6.36. The van der Waals surface area contributed by atoms with Crippen LogP contribution in [-0.2, 0) is 0 Å².